The molecule has 1 aliphatic rings. The molecule has 1 aliphatic heterocycles. The van der Waals surface area contributed by atoms with Gasteiger partial charge in [0.25, 0.3) is 0 Å². The predicted molar refractivity (Wildman–Crippen MR) is 80.2 cm³/mol. The zero-order valence-electron chi connectivity index (χ0n) is 11.4. The average molecular weight is 326 g/mol. The summed E-state index contributed by atoms with van der Waals surface area (Å²) in [7, 11) is 0. The molecule has 1 fully saturated rings. The number of rotatable bonds is 3. The smallest absolute Gasteiger partial charge is 0.244 e. The molecule has 0 radical (unpaired) electrons. The Labute approximate surface area is 122 Å². The van der Waals surface area contributed by atoms with Crippen LogP contribution in [0.25, 0.3) is 0 Å². The summed E-state index contributed by atoms with van der Waals surface area (Å²) in [6, 6.07) is 1.76. The first kappa shape index (κ1) is 14.3. The van der Waals surface area contributed by atoms with E-state index in [-0.39, 0.29) is 11.9 Å². The normalized spacial score (nSPS) is 17.1. The summed E-state index contributed by atoms with van der Waals surface area (Å²) in [6.45, 7) is 5.66. The number of halogens is 1. The number of aryl methyl sites for hydroxylation is 1. The topological polar surface area (TPSA) is 45.2 Å². The van der Waals surface area contributed by atoms with Crippen LogP contribution in [-0.2, 0) is 4.79 Å². The van der Waals surface area contributed by atoms with Gasteiger partial charge in [-0.2, -0.15) is 0 Å². The molecule has 1 N–H and O–H groups in total. The van der Waals surface area contributed by atoms with Crippen molar-refractivity contribution in [3.63, 3.8) is 0 Å². The summed E-state index contributed by atoms with van der Waals surface area (Å²) in [5.74, 6) is 0.949. The second-order valence-electron chi connectivity index (χ2n) is 5.07. The molecule has 4 nitrogen and oxygen atoms in total. The SMILES string of the molecule is Cc1cc(Br)cnc1NC(C)C(=O)N1CCCCC1. The maximum Gasteiger partial charge on any atom is 0.244 e. The number of hydrogen-bond donors (Lipinski definition) is 1. The van der Waals surface area contributed by atoms with Crippen LogP contribution in [0.2, 0.25) is 0 Å². The van der Waals surface area contributed by atoms with Gasteiger partial charge in [0.2, 0.25) is 5.91 Å². The number of carbonyl (C=O) groups excluding carboxylic acids is 1. The van der Waals surface area contributed by atoms with E-state index >= 15 is 0 Å². The van der Waals surface area contributed by atoms with Crippen LogP contribution in [0, 0.1) is 6.92 Å². The molecular weight excluding hydrogens is 306 g/mol. The quantitative estimate of drug-likeness (QED) is 0.929. The Hall–Kier alpha value is -1.10. The molecular formula is C14H20BrN3O. The van der Waals surface area contributed by atoms with Crippen molar-refractivity contribution >= 4 is 27.7 Å². The Balaban J connectivity index is 1.99. The molecule has 0 spiro atoms. The van der Waals surface area contributed by atoms with Gasteiger partial charge >= 0.3 is 0 Å². The van der Waals surface area contributed by atoms with E-state index in [1.165, 1.54) is 6.42 Å². The van der Waals surface area contributed by atoms with Gasteiger partial charge in [-0.1, -0.05) is 0 Å². The number of amides is 1. The fourth-order valence-corrected chi connectivity index (χ4v) is 2.79. The minimum atomic E-state index is -0.231. The van der Waals surface area contributed by atoms with Crippen molar-refractivity contribution in [1.29, 1.82) is 0 Å². The van der Waals surface area contributed by atoms with Gasteiger partial charge in [-0.15, -0.1) is 0 Å². The maximum atomic E-state index is 12.3. The number of hydrogen-bond acceptors (Lipinski definition) is 3. The largest absolute Gasteiger partial charge is 0.358 e. The lowest BCUT2D eigenvalue weighted by Crippen LogP contribution is -2.44. The summed E-state index contributed by atoms with van der Waals surface area (Å²) in [5, 5.41) is 3.21. The van der Waals surface area contributed by atoms with E-state index in [9.17, 15) is 4.79 Å². The van der Waals surface area contributed by atoms with Gasteiger partial charge in [0, 0.05) is 23.8 Å². The fourth-order valence-electron chi connectivity index (χ4n) is 2.35. The molecule has 0 aliphatic carbocycles. The zero-order chi connectivity index (χ0) is 13.8. The predicted octanol–water partition coefficient (Wildman–Crippen LogP) is 2.97. The fraction of sp³-hybridized carbons (Fsp3) is 0.571. The van der Waals surface area contributed by atoms with Crippen LogP contribution >= 0.6 is 15.9 Å². The lowest BCUT2D eigenvalue weighted by atomic mass is 10.1. The molecule has 1 unspecified atom stereocenters. The van der Waals surface area contributed by atoms with Crippen LogP contribution in [0.5, 0.6) is 0 Å². The molecule has 0 bridgehead atoms. The summed E-state index contributed by atoms with van der Waals surface area (Å²) in [5.41, 5.74) is 1.03. The summed E-state index contributed by atoms with van der Waals surface area (Å²) in [4.78, 5) is 18.6. The lowest BCUT2D eigenvalue weighted by Gasteiger charge is -2.29. The highest BCUT2D eigenvalue weighted by Gasteiger charge is 2.22. The number of nitrogens with zero attached hydrogens (tertiary/aromatic N) is 2. The van der Waals surface area contributed by atoms with Gasteiger partial charge < -0.3 is 10.2 Å². The lowest BCUT2D eigenvalue weighted by molar-refractivity contribution is -0.132. The Morgan fingerprint density at radius 2 is 2.11 bits per heavy atom. The van der Waals surface area contributed by atoms with Gasteiger partial charge in [-0.25, -0.2) is 4.98 Å². The second kappa shape index (κ2) is 6.37. The second-order valence-corrected chi connectivity index (χ2v) is 5.99. The van der Waals surface area contributed by atoms with E-state index in [2.05, 4.69) is 26.2 Å². The van der Waals surface area contributed by atoms with Gasteiger partial charge in [0.1, 0.15) is 11.9 Å². The van der Waals surface area contributed by atoms with Gasteiger partial charge in [-0.3, -0.25) is 4.79 Å². The molecule has 19 heavy (non-hydrogen) atoms. The van der Waals surface area contributed by atoms with Gasteiger partial charge in [0.15, 0.2) is 0 Å². The Morgan fingerprint density at radius 3 is 2.74 bits per heavy atom. The highest BCUT2D eigenvalue weighted by Crippen LogP contribution is 2.18. The first-order valence-electron chi connectivity index (χ1n) is 6.75. The van der Waals surface area contributed by atoms with Gasteiger partial charge in [0.05, 0.1) is 0 Å². The molecule has 5 heteroatoms. The third kappa shape index (κ3) is 3.69. The highest BCUT2D eigenvalue weighted by atomic mass is 79.9. The number of carbonyl (C=O) groups is 1. The molecule has 104 valence electrons. The molecule has 2 rings (SSSR count). The summed E-state index contributed by atoms with van der Waals surface area (Å²) in [6.07, 6.45) is 5.22. The number of nitrogens with one attached hydrogen (secondary N) is 1. The Bertz CT molecular complexity index is 458. The van der Waals surface area contributed by atoms with Crippen LogP contribution in [0.3, 0.4) is 0 Å². The Kier molecular flexibility index (Phi) is 4.80. The number of likely N-dealkylation sites (tertiary alicyclic amines) is 1. The van der Waals surface area contributed by atoms with Gasteiger partial charge in [-0.05, 0) is 60.7 Å². The van der Waals surface area contributed by atoms with Crippen LogP contribution in [0.4, 0.5) is 5.82 Å². The third-order valence-electron chi connectivity index (χ3n) is 3.44. The number of anilines is 1. The van der Waals surface area contributed by atoms with Crippen molar-refractivity contribution in [3.8, 4) is 0 Å². The van der Waals surface area contributed by atoms with E-state index in [1.807, 2.05) is 24.8 Å². The molecule has 1 amide bonds. The maximum absolute atomic E-state index is 12.3. The van der Waals surface area contributed by atoms with Crippen molar-refractivity contribution in [2.75, 3.05) is 18.4 Å². The number of aromatic nitrogens is 1. The summed E-state index contributed by atoms with van der Waals surface area (Å²) >= 11 is 3.39. The zero-order valence-corrected chi connectivity index (χ0v) is 13.0. The van der Waals surface area contributed by atoms with E-state index in [0.29, 0.717) is 0 Å². The third-order valence-corrected chi connectivity index (χ3v) is 3.87. The van der Waals surface area contributed by atoms with Crippen molar-refractivity contribution in [2.24, 2.45) is 0 Å². The van der Waals surface area contributed by atoms with E-state index in [0.717, 1.165) is 41.8 Å². The minimum absolute atomic E-state index is 0.170. The van der Waals surface area contributed by atoms with Crippen molar-refractivity contribution in [2.45, 2.75) is 39.2 Å². The van der Waals surface area contributed by atoms with Crippen LogP contribution in [0.1, 0.15) is 31.7 Å². The first-order chi connectivity index (χ1) is 9.08. The van der Waals surface area contributed by atoms with Crippen molar-refractivity contribution < 1.29 is 4.79 Å². The van der Waals surface area contributed by atoms with E-state index in [4.69, 9.17) is 0 Å². The van der Waals surface area contributed by atoms with Crippen molar-refractivity contribution in [3.05, 3.63) is 22.3 Å². The standard InChI is InChI=1S/C14H20BrN3O/c1-10-8-12(15)9-16-13(10)17-11(2)14(19)18-6-4-3-5-7-18/h8-9,11H,3-7H2,1-2H3,(H,16,17). The minimum Gasteiger partial charge on any atom is -0.358 e. The summed E-state index contributed by atoms with van der Waals surface area (Å²) < 4.78 is 0.950. The first-order valence-corrected chi connectivity index (χ1v) is 7.54. The molecule has 1 atom stereocenters. The molecule has 0 saturated carbocycles. The average Bonchev–Trinajstić information content (AvgIpc) is 2.42. The number of pyridine rings is 1. The van der Waals surface area contributed by atoms with Crippen LogP contribution in [-0.4, -0.2) is 34.9 Å². The highest BCUT2D eigenvalue weighted by molar-refractivity contribution is 9.10. The van der Waals surface area contributed by atoms with E-state index in [1.54, 1.807) is 6.20 Å². The van der Waals surface area contributed by atoms with E-state index < -0.39 is 0 Å². The van der Waals surface area contributed by atoms with Crippen molar-refractivity contribution in [1.82, 2.24) is 9.88 Å². The molecule has 2 heterocycles. The monoisotopic (exact) mass is 325 g/mol. The molecule has 1 aromatic rings. The Morgan fingerprint density at radius 1 is 1.42 bits per heavy atom. The molecule has 1 saturated heterocycles. The van der Waals surface area contributed by atoms with Crippen LogP contribution in [0.15, 0.2) is 16.7 Å². The number of piperidine rings is 1. The molecule has 1 aromatic heterocycles. The molecule has 0 aromatic carbocycles. The van der Waals surface area contributed by atoms with Crippen LogP contribution < -0.4 is 5.32 Å².